The van der Waals surface area contributed by atoms with Crippen LogP contribution in [0.2, 0.25) is 5.02 Å². The molecule has 0 aliphatic heterocycles. The van der Waals surface area contributed by atoms with Crippen molar-refractivity contribution in [2.75, 3.05) is 6.61 Å². The van der Waals surface area contributed by atoms with E-state index in [4.69, 9.17) is 22.1 Å². The number of nitrogens with two attached hydrogens (primary N) is 1. The predicted molar refractivity (Wildman–Crippen MR) is 85.0 cm³/mol. The molecule has 2 aromatic rings. The lowest BCUT2D eigenvalue weighted by Gasteiger charge is -2.11. The van der Waals surface area contributed by atoms with Crippen LogP contribution in [0.4, 0.5) is 0 Å². The van der Waals surface area contributed by atoms with Crippen LogP contribution in [0.5, 0.6) is 0 Å². The maximum Gasteiger partial charge on any atom is 0.341 e. The first-order valence-electron chi connectivity index (χ1n) is 7.37. The summed E-state index contributed by atoms with van der Waals surface area (Å²) in [7, 11) is 0. The molecule has 1 heterocycles. The van der Waals surface area contributed by atoms with Crippen molar-refractivity contribution in [1.82, 2.24) is 9.78 Å². The molecule has 1 saturated carbocycles. The molecule has 6 nitrogen and oxygen atoms in total. The van der Waals surface area contributed by atoms with Crippen LogP contribution in [0.3, 0.4) is 0 Å². The van der Waals surface area contributed by atoms with E-state index in [0.29, 0.717) is 28.4 Å². The van der Waals surface area contributed by atoms with Crippen LogP contribution in [0.1, 0.15) is 52.1 Å². The molecule has 0 atom stereocenters. The first-order chi connectivity index (χ1) is 11.0. The van der Waals surface area contributed by atoms with Crippen molar-refractivity contribution in [3.8, 4) is 5.69 Å². The molecule has 1 amide bonds. The van der Waals surface area contributed by atoms with Gasteiger partial charge in [0, 0.05) is 11.5 Å². The van der Waals surface area contributed by atoms with Crippen molar-refractivity contribution in [2.45, 2.75) is 25.7 Å². The number of hydrogen-bond donors (Lipinski definition) is 1. The number of amides is 1. The van der Waals surface area contributed by atoms with Crippen molar-refractivity contribution < 1.29 is 14.3 Å². The third kappa shape index (κ3) is 2.94. The number of benzene rings is 1. The van der Waals surface area contributed by atoms with Crippen molar-refractivity contribution >= 4 is 23.5 Å². The van der Waals surface area contributed by atoms with Gasteiger partial charge in [-0.2, -0.15) is 5.10 Å². The molecular weight excluding hydrogens is 318 g/mol. The third-order valence-corrected chi connectivity index (χ3v) is 4.04. The van der Waals surface area contributed by atoms with Crippen molar-refractivity contribution in [2.24, 2.45) is 5.73 Å². The maximum absolute atomic E-state index is 12.1. The van der Waals surface area contributed by atoms with Crippen molar-refractivity contribution in [1.29, 1.82) is 0 Å². The van der Waals surface area contributed by atoms with Gasteiger partial charge in [0.15, 0.2) is 0 Å². The van der Waals surface area contributed by atoms with Gasteiger partial charge in [0.25, 0.3) is 0 Å². The van der Waals surface area contributed by atoms with Crippen LogP contribution in [0.25, 0.3) is 5.69 Å². The molecule has 1 fully saturated rings. The molecular formula is C16H16ClN3O3. The second-order valence-corrected chi connectivity index (χ2v) is 5.79. The standard InChI is InChI=1S/C16H16ClN3O3/c1-2-23-16(22)11-8-19-20(14(11)9-3-4-9)13-7-10(15(18)21)5-6-12(13)17/h5-9H,2-4H2,1H3,(H2,18,21). The number of aromatic nitrogens is 2. The number of ether oxygens (including phenoxy) is 1. The SMILES string of the molecule is CCOC(=O)c1cnn(-c2cc(C(N)=O)ccc2Cl)c1C1CC1. The average molecular weight is 334 g/mol. The molecule has 0 bridgehead atoms. The monoisotopic (exact) mass is 333 g/mol. The largest absolute Gasteiger partial charge is 0.462 e. The fourth-order valence-corrected chi connectivity index (χ4v) is 2.69. The average Bonchev–Trinajstić information content (AvgIpc) is 3.26. The van der Waals surface area contributed by atoms with Crippen LogP contribution in [0.15, 0.2) is 24.4 Å². The van der Waals surface area contributed by atoms with Gasteiger partial charge in [0.05, 0.1) is 29.2 Å². The maximum atomic E-state index is 12.1. The summed E-state index contributed by atoms with van der Waals surface area (Å²) in [5, 5.41) is 4.72. The molecule has 0 radical (unpaired) electrons. The molecule has 23 heavy (non-hydrogen) atoms. The van der Waals surface area contributed by atoms with Gasteiger partial charge in [-0.05, 0) is 38.0 Å². The zero-order valence-corrected chi connectivity index (χ0v) is 13.3. The van der Waals surface area contributed by atoms with E-state index in [1.54, 1.807) is 29.8 Å². The van der Waals surface area contributed by atoms with E-state index in [1.165, 1.54) is 6.20 Å². The quantitative estimate of drug-likeness (QED) is 0.852. The summed E-state index contributed by atoms with van der Waals surface area (Å²) in [5.41, 5.74) is 7.40. The molecule has 7 heteroatoms. The van der Waals surface area contributed by atoms with Gasteiger partial charge in [0.2, 0.25) is 5.91 Å². The van der Waals surface area contributed by atoms with Gasteiger partial charge in [-0.15, -0.1) is 0 Å². The van der Waals surface area contributed by atoms with Gasteiger partial charge in [-0.3, -0.25) is 4.79 Å². The van der Waals surface area contributed by atoms with E-state index in [1.807, 2.05) is 0 Å². The molecule has 2 N–H and O–H groups in total. The Morgan fingerprint density at radius 1 is 1.43 bits per heavy atom. The van der Waals surface area contributed by atoms with Gasteiger partial charge in [0.1, 0.15) is 5.56 Å². The Morgan fingerprint density at radius 2 is 2.17 bits per heavy atom. The zero-order chi connectivity index (χ0) is 16.6. The number of carbonyl (C=O) groups is 2. The highest BCUT2D eigenvalue weighted by atomic mass is 35.5. The first kappa shape index (κ1) is 15.6. The molecule has 0 spiro atoms. The molecule has 1 aliphatic carbocycles. The zero-order valence-electron chi connectivity index (χ0n) is 12.6. The highest BCUT2D eigenvalue weighted by molar-refractivity contribution is 6.32. The van der Waals surface area contributed by atoms with Gasteiger partial charge in [-0.25, -0.2) is 9.48 Å². The summed E-state index contributed by atoms with van der Waals surface area (Å²) < 4.78 is 6.70. The summed E-state index contributed by atoms with van der Waals surface area (Å²) in [4.78, 5) is 23.5. The molecule has 120 valence electrons. The van der Waals surface area contributed by atoms with E-state index < -0.39 is 11.9 Å². The Hall–Kier alpha value is -2.34. The topological polar surface area (TPSA) is 87.2 Å². The summed E-state index contributed by atoms with van der Waals surface area (Å²) in [6.45, 7) is 2.05. The molecule has 1 aromatic heterocycles. The molecule has 0 unspecified atom stereocenters. The van der Waals surface area contributed by atoms with E-state index in [-0.39, 0.29) is 5.92 Å². The Morgan fingerprint density at radius 3 is 2.78 bits per heavy atom. The number of halogens is 1. The van der Waals surface area contributed by atoms with E-state index in [0.717, 1.165) is 18.5 Å². The Kier molecular flexibility index (Phi) is 4.09. The fourth-order valence-electron chi connectivity index (χ4n) is 2.49. The lowest BCUT2D eigenvalue weighted by Crippen LogP contribution is -2.13. The number of carbonyl (C=O) groups excluding carboxylic acids is 2. The number of primary amides is 1. The minimum absolute atomic E-state index is 0.241. The lowest BCUT2D eigenvalue weighted by atomic mass is 10.1. The third-order valence-electron chi connectivity index (χ3n) is 3.72. The number of esters is 1. The van der Waals surface area contributed by atoms with Gasteiger partial charge < -0.3 is 10.5 Å². The highest BCUT2D eigenvalue weighted by Gasteiger charge is 2.33. The summed E-state index contributed by atoms with van der Waals surface area (Å²) in [5.74, 6) is -0.707. The normalized spacial score (nSPS) is 13.8. The number of hydrogen-bond acceptors (Lipinski definition) is 4. The van der Waals surface area contributed by atoms with E-state index >= 15 is 0 Å². The van der Waals surface area contributed by atoms with Gasteiger partial charge in [-0.1, -0.05) is 11.6 Å². The van der Waals surface area contributed by atoms with Crippen LogP contribution < -0.4 is 5.73 Å². The van der Waals surface area contributed by atoms with Crippen molar-refractivity contribution in [3.63, 3.8) is 0 Å². The molecule has 0 saturated heterocycles. The molecule has 1 aromatic carbocycles. The minimum atomic E-state index is -0.548. The van der Waals surface area contributed by atoms with Crippen LogP contribution in [-0.4, -0.2) is 28.3 Å². The smallest absolute Gasteiger partial charge is 0.341 e. The minimum Gasteiger partial charge on any atom is -0.462 e. The second kappa shape index (κ2) is 6.04. The van der Waals surface area contributed by atoms with E-state index in [9.17, 15) is 9.59 Å². The summed E-state index contributed by atoms with van der Waals surface area (Å²) in [6, 6.07) is 4.73. The van der Waals surface area contributed by atoms with Crippen LogP contribution >= 0.6 is 11.6 Å². The lowest BCUT2D eigenvalue weighted by molar-refractivity contribution is 0.0525. The highest BCUT2D eigenvalue weighted by Crippen LogP contribution is 2.43. The Labute approximate surface area is 138 Å². The van der Waals surface area contributed by atoms with Gasteiger partial charge >= 0.3 is 5.97 Å². The van der Waals surface area contributed by atoms with Crippen LogP contribution in [0, 0.1) is 0 Å². The Bertz CT molecular complexity index is 781. The Balaban J connectivity index is 2.12. The second-order valence-electron chi connectivity index (χ2n) is 5.38. The summed E-state index contributed by atoms with van der Waals surface area (Å²) >= 11 is 6.25. The summed E-state index contributed by atoms with van der Waals surface area (Å²) in [6.07, 6.45) is 3.44. The first-order valence-corrected chi connectivity index (χ1v) is 7.75. The van der Waals surface area contributed by atoms with Crippen molar-refractivity contribution in [3.05, 3.63) is 46.2 Å². The molecule has 3 rings (SSSR count). The number of rotatable bonds is 5. The van der Waals surface area contributed by atoms with Crippen LogP contribution in [-0.2, 0) is 4.74 Å². The molecule has 1 aliphatic rings. The van der Waals surface area contributed by atoms with E-state index in [2.05, 4.69) is 5.10 Å². The number of nitrogens with zero attached hydrogens (tertiary/aromatic N) is 2. The fraction of sp³-hybridized carbons (Fsp3) is 0.312. The predicted octanol–water partition coefficient (Wildman–Crippen LogP) is 2.68.